The minimum Gasteiger partial charge on any atom is -1.00 e. The summed E-state index contributed by atoms with van der Waals surface area (Å²) < 4.78 is 21.2. The van der Waals surface area contributed by atoms with Gasteiger partial charge in [-0.15, -0.1) is 0 Å². The van der Waals surface area contributed by atoms with Gasteiger partial charge in [0.2, 0.25) is 0 Å². The number of rotatable bonds is 10. The second-order valence-electron chi connectivity index (χ2n) is 14.9. The lowest BCUT2D eigenvalue weighted by molar-refractivity contribution is -0.407. The molecule has 1 unspecified atom stereocenters. The van der Waals surface area contributed by atoms with Gasteiger partial charge in [0.1, 0.15) is 29.6 Å². The van der Waals surface area contributed by atoms with Gasteiger partial charge in [-0.3, -0.25) is 4.79 Å². The van der Waals surface area contributed by atoms with E-state index >= 15 is 0 Å². The molecule has 0 aliphatic heterocycles. The van der Waals surface area contributed by atoms with Crippen LogP contribution in [0.15, 0.2) is 90.0 Å². The molecule has 1 amide bonds. The van der Waals surface area contributed by atoms with Gasteiger partial charge < -0.3 is 61.3 Å². The van der Waals surface area contributed by atoms with Crippen LogP contribution in [0.25, 0.3) is 44.2 Å². The van der Waals surface area contributed by atoms with Crippen LogP contribution in [0.5, 0.6) is 11.5 Å². The number of benzene rings is 3. The molecule has 8 rings (SSSR count). The lowest BCUT2D eigenvalue weighted by Gasteiger charge is -2.25. The molecule has 59 heavy (non-hydrogen) atoms. The van der Waals surface area contributed by atoms with Crippen molar-refractivity contribution < 1.29 is 56.6 Å². The second-order valence-corrected chi connectivity index (χ2v) is 14.9. The molecule has 4 heterocycles. The zero-order chi connectivity index (χ0) is 41.1. The van der Waals surface area contributed by atoms with E-state index in [1.54, 1.807) is 48.9 Å². The number of hydrogen-bond acceptors (Lipinski definition) is 9. The van der Waals surface area contributed by atoms with Crippen LogP contribution in [0.2, 0.25) is 0 Å². The van der Waals surface area contributed by atoms with E-state index in [1.807, 2.05) is 59.9 Å². The third kappa shape index (κ3) is 8.93. The monoisotopic (exact) mass is 824 g/mol. The van der Waals surface area contributed by atoms with Gasteiger partial charge in [0.15, 0.2) is 6.04 Å². The van der Waals surface area contributed by atoms with Crippen molar-refractivity contribution in [1.29, 1.82) is 0 Å². The fraction of sp³-hybridized carbons (Fsp3) is 0.318. The fourth-order valence-electron chi connectivity index (χ4n) is 8.11. The highest BCUT2D eigenvalue weighted by molar-refractivity contribution is 6.00. The van der Waals surface area contributed by atoms with Crippen molar-refractivity contribution in [2.45, 2.75) is 63.1 Å². The average Bonchev–Trinajstić information content (AvgIpc) is 4.02. The molecule has 310 valence electrons. The summed E-state index contributed by atoms with van der Waals surface area (Å²) in [6, 6.07) is 16.7. The summed E-state index contributed by atoms with van der Waals surface area (Å²) in [6.45, 7) is 0. The van der Waals surface area contributed by atoms with Gasteiger partial charge in [-0.25, -0.2) is 14.6 Å². The summed E-state index contributed by atoms with van der Waals surface area (Å²) in [5.41, 5.74) is 10.5. The van der Waals surface area contributed by atoms with Gasteiger partial charge in [-0.1, -0.05) is 19.3 Å². The Kier molecular flexibility index (Phi) is 13.0. The predicted octanol–water partition coefficient (Wildman–Crippen LogP) is 2.73. The van der Waals surface area contributed by atoms with Crippen LogP contribution in [0, 0.1) is 0 Å². The Morgan fingerprint density at radius 2 is 1.42 bits per heavy atom. The summed E-state index contributed by atoms with van der Waals surface area (Å²) in [5, 5.41) is 24.2. The quantitative estimate of drug-likeness (QED) is 0.150. The van der Waals surface area contributed by atoms with Gasteiger partial charge >= 0.3 is 11.9 Å². The van der Waals surface area contributed by atoms with Gasteiger partial charge in [-0.05, 0) is 84.6 Å². The van der Waals surface area contributed by atoms with E-state index in [0.29, 0.717) is 23.5 Å². The van der Waals surface area contributed by atoms with E-state index < -0.39 is 24.0 Å². The highest BCUT2D eigenvalue weighted by Crippen LogP contribution is 2.36. The molecular weight excluding hydrogens is 776 g/mol. The highest BCUT2D eigenvalue weighted by atomic mass is 35.5. The number of halogens is 1. The Labute approximate surface area is 346 Å². The summed E-state index contributed by atoms with van der Waals surface area (Å²) >= 11 is 0. The Bertz CT molecular complexity index is 2600. The highest BCUT2D eigenvalue weighted by Gasteiger charge is 2.27. The molecule has 6 N–H and O–H groups in total. The molecule has 1 saturated carbocycles. The number of methoxy groups -OCH3 is 2. The van der Waals surface area contributed by atoms with Crippen LogP contribution < -0.4 is 23.5 Å². The Balaban J connectivity index is 0.000000259. The van der Waals surface area contributed by atoms with Gasteiger partial charge in [0, 0.05) is 72.7 Å². The van der Waals surface area contributed by atoms with Gasteiger partial charge in [0.05, 0.1) is 37.1 Å². The number of quaternary nitrogens is 1. The predicted molar refractivity (Wildman–Crippen MR) is 218 cm³/mol. The van der Waals surface area contributed by atoms with Crippen molar-refractivity contribution in [3.05, 3.63) is 102 Å². The molecule has 0 saturated heterocycles. The van der Waals surface area contributed by atoms with E-state index in [9.17, 15) is 24.6 Å². The number of ether oxygens (including phenoxy) is 2. The van der Waals surface area contributed by atoms with Crippen molar-refractivity contribution in [3.63, 3.8) is 0 Å². The maximum Gasteiger partial charge on any atom is 0.364 e. The summed E-state index contributed by atoms with van der Waals surface area (Å²) in [6.07, 6.45) is 13.7. The van der Waals surface area contributed by atoms with E-state index in [4.69, 9.17) is 14.1 Å². The van der Waals surface area contributed by atoms with Crippen LogP contribution in [0.4, 0.5) is 0 Å². The lowest BCUT2D eigenvalue weighted by Crippen LogP contribution is -3.00. The molecule has 15 heteroatoms. The lowest BCUT2D eigenvalue weighted by atomic mass is 9.95. The number of amides is 1. The molecule has 1 fully saturated rings. The number of phenols is 2. The number of imidazole rings is 1. The van der Waals surface area contributed by atoms with Crippen LogP contribution in [-0.4, -0.2) is 73.0 Å². The first-order chi connectivity index (χ1) is 27.9. The molecule has 0 bridgehead atoms. The standard InChI is InChI=1S/C31H32N4O5.C13H16N2O3.ClH/c1-34-17-21(24-16-23(36)9-11-27(24)34)15-26(31(38)39-2)33-30(37)19-8-10-28-25(14-19)32-29(20-12-13-40-18-20)35(28)22-6-4-3-5-7-22;1-15-7-8(5-11(14)13(17)18-2)10-6-9(16)3-4-12(10)15;/h8-14,16-18,22,26,36H,3-7,15H2,1-2H3,(H,33,37);3-4,6-7,11,16H,5,14H2,1-2H3;1H/t26-;;/m0../s1. The zero-order valence-electron chi connectivity index (χ0n) is 33.5. The Morgan fingerprint density at radius 1 is 0.831 bits per heavy atom. The van der Waals surface area contributed by atoms with Crippen LogP contribution in [0.1, 0.15) is 59.6 Å². The number of nitrogens with zero attached hydrogens (tertiary/aromatic N) is 4. The normalized spacial score (nSPS) is 14.0. The maximum atomic E-state index is 13.4. The fourth-order valence-corrected chi connectivity index (χ4v) is 8.11. The molecule has 14 nitrogen and oxygen atoms in total. The van der Waals surface area contributed by atoms with Gasteiger partial charge in [-0.2, -0.15) is 0 Å². The summed E-state index contributed by atoms with van der Waals surface area (Å²) in [5.74, 6) is -0.0807. The number of aryl methyl sites for hydroxylation is 2. The second kappa shape index (κ2) is 18.1. The largest absolute Gasteiger partial charge is 1.00 e. The Morgan fingerprint density at radius 3 is 2.00 bits per heavy atom. The molecule has 7 aromatic rings. The van der Waals surface area contributed by atoms with Crippen molar-refractivity contribution in [3.8, 4) is 22.9 Å². The number of fused-ring (bicyclic) bond motifs is 3. The number of aromatic nitrogens is 4. The number of carbonyl (C=O) groups is 3. The SMILES string of the molecule is COC(=O)C([NH3+])Cc1cn(C)c2ccc(O)cc12.COC(=O)[C@H](Cc1cn(C)c2ccc(O)cc12)NC(=O)c1ccc2c(c1)nc(-c1ccoc1)n2C1CCCCC1.[Cl-]. The zero-order valence-corrected chi connectivity index (χ0v) is 34.2. The number of furan rings is 1. The smallest absolute Gasteiger partial charge is 0.364 e. The number of carbonyl (C=O) groups excluding carboxylic acids is 3. The first-order valence-electron chi connectivity index (χ1n) is 19.3. The van der Waals surface area contributed by atoms with Crippen LogP contribution in [-0.2, 0) is 46.0 Å². The van der Waals surface area contributed by atoms with Crippen molar-refractivity contribution in [1.82, 2.24) is 24.0 Å². The van der Waals surface area contributed by atoms with E-state index in [2.05, 4.69) is 20.4 Å². The first-order valence-corrected chi connectivity index (χ1v) is 19.3. The average molecular weight is 825 g/mol. The Hall–Kier alpha value is -6.25. The summed E-state index contributed by atoms with van der Waals surface area (Å²) in [7, 11) is 6.49. The molecular formula is C44H49ClN6O8. The molecule has 3 aromatic carbocycles. The maximum absolute atomic E-state index is 13.4. The number of nitrogens with one attached hydrogen (secondary N) is 1. The molecule has 1 aliphatic carbocycles. The molecule has 0 spiro atoms. The number of hydrogen-bond donors (Lipinski definition) is 4. The van der Waals surface area contributed by atoms with Crippen molar-refractivity contribution in [2.24, 2.45) is 14.1 Å². The molecule has 0 radical (unpaired) electrons. The molecule has 2 atom stereocenters. The summed E-state index contributed by atoms with van der Waals surface area (Å²) in [4.78, 5) is 42.5. The number of esters is 2. The van der Waals surface area contributed by atoms with Crippen LogP contribution >= 0.6 is 0 Å². The first kappa shape index (κ1) is 42.4. The minimum atomic E-state index is -0.914. The van der Waals surface area contributed by atoms with Crippen molar-refractivity contribution in [2.75, 3.05) is 14.2 Å². The van der Waals surface area contributed by atoms with Gasteiger partial charge in [0.25, 0.3) is 5.91 Å². The number of aromatic hydroxyl groups is 2. The van der Waals surface area contributed by atoms with Crippen LogP contribution in [0.3, 0.4) is 0 Å². The number of phenolic OH excluding ortho intramolecular Hbond substituents is 2. The third-order valence-corrected chi connectivity index (χ3v) is 11.0. The third-order valence-electron chi connectivity index (χ3n) is 11.0. The van der Waals surface area contributed by atoms with Crippen molar-refractivity contribution >= 4 is 50.7 Å². The van der Waals surface area contributed by atoms with E-state index in [0.717, 1.165) is 62.7 Å². The van der Waals surface area contributed by atoms with E-state index in [1.165, 1.54) is 33.5 Å². The molecule has 1 aliphatic rings. The minimum absolute atomic E-state index is 0. The van der Waals surface area contributed by atoms with E-state index in [-0.39, 0.29) is 36.3 Å². The molecule has 4 aromatic heterocycles. The topological polar surface area (TPSA) is 191 Å².